The molecule has 4 rings (SSSR count). The van der Waals surface area contributed by atoms with E-state index in [1.165, 1.54) is 11.3 Å². The number of benzene rings is 1. The third kappa shape index (κ3) is 2.51. The monoisotopic (exact) mass is 370 g/mol. The molecule has 0 radical (unpaired) electrons. The van der Waals surface area contributed by atoms with E-state index in [9.17, 15) is 9.59 Å². The number of hydrogen-bond acceptors (Lipinski definition) is 3. The Morgan fingerprint density at radius 3 is 2.52 bits per heavy atom. The third-order valence-electron chi connectivity index (χ3n) is 4.26. The lowest BCUT2D eigenvalue weighted by Crippen LogP contribution is -2.27. The zero-order chi connectivity index (χ0) is 17.7. The van der Waals surface area contributed by atoms with Crippen molar-refractivity contribution in [2.24, 2.45) is 0 Å². The highest BCUT2D eigenvalue weighted by Gasteiger charge is 2.18. The SMILES string of the molecule is CC(C)c1cc2[nH]c3sc(Cl)cc3c(=O)c2c(=O)n1-c1ccccc1. The highest BCUT2D eigenvalue weighted by Crippen LogP contribution is 2.28. The first kappa shape index (κ1) is 16.1. The number of fused-ring (bicyclic) bond motifs is 2. The summed E-state index contributed by atoms with van der Waals surface area (Å²) in [6, 6.07) is 12.9. The van der Waals surface area contributed by atoms with Gasteiger partial charge in [-0.15, -0.1) is 11.3 Å². The molecule has 0 saturated carbocycles. The maximum atomic E-state index is 13.2. The average molecular weight is 371 g/mol. The molecule has 0 aliphatic carbocycles. The molecule has 0 aliphatic rings. The lowest BCUT2D eigenvalue weighted by molar-refractivity contribution is 0.764. The van der Waals surface area contributed by atoms with Crippen molar-refractivity contribution in [2.75, 3.05) is 0 Å². The van der Waals surface area contributed by atoms with Crippen LogP contribution in [0.25, 0.3) is 26.8 Å². The Bertz CT molecular complexity index is 1220. The molecular weight excluding hydrogens is 356 g/mol. The summed E-state index contributed by atoms with van der Waals surface area (Å²) < 4.78 is 2.15. The van der Waals surface area contributed by atoms with Crippen molar-refractivity contribution in [1.29, 1.82) is 0 Å². The van der Waals surface area contributed by atoms with Gasteiger partial charge in [-0.1, -0.05) is 43.6 Å². The van der Waals surface area contributed by atoms with Gasteiger partial charge in [0.25, 0.3) is 5.56 Å². The Balaban J connectivity index is 2.22. The standard InChI is InChI=1S/C19H15ClN2O2S/c1-10(2)14-9-13-16(17(23)12-8-15(20)25-18(12)21-13)19(24)22(14)11-6-4-3-5-7-11/h3-10H,1-2H3,(H,21,23). The van der Waals surface area contributed by atoms with Crippen molar-refractivity contribution in [2.45, 2.75) is 19.8 Å². The molecule has 4 nitrogen and oxygen atoms in total. The zero-order valence-corrected chi connectivity index (χ0v) is 15.2. The normalized spacial score (nSPS) is 11.7. The fraction of sp³-hybridized carbons (Fsp3) is 0.158. The maximum Gasteiger partial charge on any atom is 0.268 e. The van der Waals surface area contributed by atoms with Crippen molar-refractivity contribution in [3.8, 4) is 5.69 Å². The van der Waals surface area contributed by atoms with Gasteiger partial charge in [0.05, 0.1) is 15.2 Å². The van der Waals surface area contributed by atoms with Crippen LogP contribution in [-0.2, 0) is 0 Å². The predicted octanol–water partition coefficient (Wildman–Crippen LogP) is 4.67. The van der Waals surface area contributed by atoms with Gasteiger partial charge in [0.1, 0.15) is 10.2 Å². The van der Waals surface area contributed by atoms with Crippen molar-refractivity contribution < 1.29 is 0 Å². The number of halogens is 1. The second-order valence-electron chi connectivity index (χ2n) is 6.24. The minimum Gasteiger partial charge on any atom is -0.346 e. The van der Waals surface area contributed by atoms with E-state index in [0.717, 1.165) is 11.4 Å². The Labute approximate surface area is 152 Å². The number of para-hydroxylation sites is 1. The molecule has 0 spiro atoms. The van der Waals surface area contributed by atoms with Gasteiger partial charge in [0.2, 0.25) is 5.43 Å². The molecule has 0 atom stereocenters. The van der Waals surface area contributed by atoms with Crippen LogP contribution in [0.2, 0.25) is 4.34 Å². The van der Waals surface area contributed by atoms with Crippen LogP contribution in [-0.4, -0.2) is 9.55 Å². The van der Waals surface area contributed by atoms with Crippen LogP contribution in [0, 0.1) is 0 Å². The summed E-state index contributed by atoms with van der Waals surface area (Å²) in [6.07, 6.45) is 0. The van der Waals surface area contributed by atoms with Crippen molar-refractivity contribution in [1.82, 2.24) is 9.55 Å². The average Bonchev–Trinajstić information content (AvgIpc) is 2.95. The Hall–Kier alpha value is -2.37. The van der Waals surface area contributed by atoms with Crippen LogP contribution in [0.4, 0.5) is 0 Å². The zero-order valence-electron chi connectivity index (χ0n) is 13.7. The molecule has 0 aliphatic heterocycles. The molecule has 3 heterocycles. The lowest BCUT2D eigenvalue weighted by atomic mass is 10.1. The molecule has 4 aromatic rings. The van der Waals surface area contributed by atoms with E-state index >= 15 is 0 Å². The van der Waals surface area contributed by atoms with Crippen LogP contribution in [0.5, 0.6) is 0 Å². The number of thiophene rings is 1. The van der Waals surface area contributed by atoms with E-state index in [-0.39, 0.29) is 22.3 Å². The summed E-state index contributed by atoms with van der Waals surface area (Å²) in [5, 5.41) is 0.617. The van der Waals surface area contributed by atoms with Crippen LogP contribution < -0.4 is 11.0 Å². The van der Waals surface area contributed by atoms with Crippen LogP contribution >= 0.6 is 22.9 Å². The summed E-state index contributed by atoms with van der Waals surface area (Å²) >= 11 is 7.35. The molecule has 3 aromatic heterocycles. The van der Waals surface area contributed by atoms with E-state index in [4.69, 9.17) is 11.6 Å². The molecule has 6 heteroatoms. The minimum atomic E-state index is -0.308. The second-order valence-corrected chi connectivity index (χ2v) is 7.92. The van der Waals surface area contributed by atoms with Gasteiger partial charge < -0.3 is 4.98 Å². The molecule has 25 heavy (non-hydrogen) atoms. The molecular formula is C19H15ClN2O2S. The quantitative estimate of drug-likeness (QED) is 0.557. The van der Waals surface area contributed by atoms with E-state index in [0.29, 0.717) is 20.1 Å². The Morgan fingerprint density at radius 2 is 1.84 bits per heavy atom. The number of nitrogens with zero attached hydrogens (tertiary/aromatic N) is 1. The van der Waals surface area contributed by atoms with Gasteiger partial charge in [-0.3, -0.25) is 14.2 Å². The number of aromatic nitrogens is 2. The van der Waals surface area contributed by atoms with Crippen molar-refractivity contribution >= 4 is 44.1 Å². The van der Waals surface area contributed by atoms with E-state index in [2.05, 4.69) is 4.98 Å². The fourth-order valence-electron chi connectivity index (χ4n) is 3.09. The summed E-state index contributed by atoms with van der Waals surface area (Å²) in [5.41, 5.74) is 1.56. The summed E-state index contributed by atoms with van der Waals surface area (Å²) in [5.74, 6) is 0.114. The first-order valence-electron chi connectivity index (χ1n) is 7.94. The minimum absolute atomic E-state index is 0.114. The molecule has 1 aromatic carbocycles. The van der Waals surface area contributed by atoms with Gasteiger partial charge in [0, 0.05) is 11.4 Å². The molecule has 1 N–H and O–H groups in total. The largest absolute Gasteiger partial charge is 0.346 e. The van der Waals surface area contributed by atoms with Crippen LogP contribution in [0.15, 0.2) is 52.1 Å². The van der Waals surface area contributed by atoms with E-state index in [1.807, 2.05) is 50.2 Å². The van der Waals surface area contributed by atoms with Gasteiger partial charge >= 0.3 is 0 Å². The molecule has 0 fully saturated rings. The number of nitrogens with one attached hydrogen (secondary N) is 1. The number of rotatable bonds is 2. The van der Waals surface area contributed by atoms with Gasteiger partial charge in [-0.25, -0.2) is 0 Å². The summed E-state index contributed by atoms with van der Waals surface area (Å²) in [4.78, 5) is 30.0. The summed E-state index contributed by atoms with van der Waals surface area (Å²) in [7, 11) is 0. The number of hydrogen-bond donors (Lipinski definition) is 1. The fourth-order valence-corrected chi connectivity index (χ4v) is 4.23. The summed E-state index contributed by atoms with van der Waals surface area (Å²) in [6.45, 7) is 4.05. The highest BCUT2D eigenvalue weighted by molar-refractivity contribution is 7.22. The predicted molar refractivity (Wildman–Crippen MR) is 105 cm³/mol. The topological polar surface area (TPSA) is 54.9 Å². The van der Waals surface area contributed by atoms with Crippen LogP contribution in [0.1, 0.15) is 25.5 Å². The number of H-pyrrole nitrogens is 1. The van der Waals surface area contributed by atoms with Gasteiger partial charge in [-0.05, 0) is 30.2 Å². The molecule has 0 amide bonds. The maximum absolute atomic E-state index is 13.2. The first-order chi connectivity index (χ1) is 12.0. The number of pyridine rings is 2. The third-order valence-corrected chi connectivity index (χ3v) is 5.44. The van der Waals surface area contributed by atoms with E-state index < -0.39 is 0 Å². The first-order valence-corrected chi connectivity index (χ1v) is 9.13. The van der Waals surface area contributed by atoms with Crippen molar-refractivity contribution in [3.63, 3.8) is 0 Å². The van der Waals surface area contributed by atoms with Crippen molar-refractivity contribution in [3.05, 3.63) is 73.1 Å². The Kier molecular flexibility index (Phi) is 3.78. The number of aromatic amines is 1. The van der Waals surface area contributed by atoms with E-state index in [1.54, 1.807) is 10.6 Å². The molecule has 0 unspecified atom stereocenters. The molecule has 126 valence electrons. The molecule has 0 saturated heterocycles. The second kappa shape index (κ2) is 5.86. The lowest BCUT2D eigenvalue weighted by Gasteiger charge is -2.17. The Morgan fingerprint density at radius 1 is 1.12 bits per heavy atom. The van der Waals surface area contributed by atoms with Gasteiger partial charge in [0.15, 0.2) is 0 Å². The highest BCUT2D eigenvalue weighted by atomic mass is 35.5. The molecule has 0 bridgehead atoms. The van der Waals surface area contributed by atoms with Gasteiger partial charge in [-0.2, -0.15) is 0 Å². The van der Waals surface area contributed by atoms with Crippen LogP contribution in [0.3, 0.4) is 0 Å². The smallest absolute Gasteiger partial charge is 0.268 e.